The van der Waals surface area contributed by atoms with E-state index in [1.807, 2.05) is 18.2 Å². The highest BCUT2D eigenvalue weighted by molar-refractivity contribution is 7.19. The normalized spacial score (nSPS) is 17.2. The van der Waals surface area contributed by atoms with Crippen molar-refractivity contribution < 1.29 is 4.39 Å². The van der Waals surface area contributed by atoms with Gasteiger partial charge in [0.1, 0.15) is 5.82 Å². The molecule has 1 unspecified atom stereocenters. The predicted molar refractivity (Wildman–Crippen MR) is 107 cm³/mol. The van der Waals surface area contributed by atoms with E-state index in [4.69, 9.17) is 0 Å². The fourth-order valence-electron chi connectivity index (χ4n) is 3.90. The second-order valence-corrected chi connectivity index (χ2v) is 8.22. The molecule has 2 aromatic carbocycles. The Kier molecular flexibility index (Phi) is 3.99. The fraction of sp³-hybridized carbons (Fsp3) is 0.182. The molecule has 3 heterocycles. The van der Waals surface area contributed by atoms with Crippen molar-refractivity contribution in [3.63, 3.8) is 0 Å². The number of hydrogen-bond acceptors (Lipinski definition) is 4. The molecule has 1 atom stereocenters. The summed E-state index contributed by atoms with van der Waals surface area (Å²) in [5, 5.41) is 9.34. The SMILES string of the molecule is CN1Cc2cc(-c3cccnn3)ccc2C(c2cc3ccc(F)cc3s2)C1. The maximum atomic E-state index is 13.6. The van der Waals surface area contributed by atoms with Gasteiger partial charge in [0.2, 0.25) is 0 Å². The number of thiophene rings is 1. The minimum absolute atomic E-state index is 0.175. The predicted octanol–water partition coefficient (Wildman–Crippen LogP) is 5.07. The maximum absolute atomic E-state index is 13.6. The first kappa shape index (κ1) is 16.5. The lowest BCUT2D eigenvalue weighted by molar-refractivity contribution is 0.296. The summed E-state index contributed by atoms with van der Waals surface area (Å²) < 4.78 is 14.6. The summed E-state index contributed by atoms with van der Waals surface area (Å²) in [5.41, 5.74) is 4.66. The smallest absolute Gasteiger partial charge is 0.124 e. The van der Waals surface area contributed by atoms with Crippen molar-refractivity contribution in [3.8, 4) is 11.3 Å². The average Bonchev–Trinajstić information content (AvgIpc) is 3.10. The van der Waals surface area contributed by atoms with E-state index in [1.165, 1.54) is 22.1 Å². The molecule has 0 saturated heterocycles. The van der Waals surface area contributed by atoms with Crippen molar-refractivity contribution in [1.29, 1.82) is 0 Å². The van der Waals surface area contributed by atoms with Crippen LogP contribution in [0.5, 0.6) is 0 Å². The van der Waals surface area contributed by atoms with Crippen LogP contribution in [0.15, 0.2) is 60.8 Å². The van der Waals surface area contributed by atoms with Gasteiger partial charge in [-0.3, -0.25) is 0 Å². The lowest BCUT2D eigenvalue weighted by atomic mass is 9.87. The Hall–Kier alpha value is -2.63. The van der Waals surface area contributed by atoms with E-state index in [0.29, 0.717) is 5.92 Å². The Labute approximate surface area is 161 Å². The molecule has 0 aliphatic carbocycles. The Morgan fingerprint density at radius 1 is 1.11 bits per heavy atom. The summed E-state index contributed by atoms with van der Waals surface area (Å²) in [6.07, 6.45) is 1.69. The van der Waals surface area contributed by atoms with E-state index >= 15 is 0 Å². The van der Waals surface area contributed by atoms with Gasteiger partial charge in [-0.05, 0) is 60.0 Å². The summed E-state index contributed by atoms with van der Waals surface area (Å²) in [7, 11) is 2.15. The molecule has 0 spiro atoms. The maximum Gasteiger partial charge on any atom is 0.124 e. The van der Waals surface area contributed by atoms with Crippen LogP contribution in [-0.2, 0) is 6.54 Å². The first-order chi connectivity index (χ1) is 13.2. The number of rotatable bonds is 2. The fourth-order valence-corrected chi connectivity index (χ4v) is 5.10. The zero-order chi connectivity index (χ0) is 18.4. The number of hydrogen-bond donors (Lipinski definition) is 0. The van der Waals surface area contributed by atoms with Crippen LogP contribution >= 0.6 is 11.3 Å². The van der Waals surface area contributed by atoms with E-state index in [9.17, 15) is 4.39 Å². The minimum atomic E-state index is -0.175. The van der Waals surface area contributed by atoms with Crippen LogP contribution in [0.4, 0.5) is 4.39 Å². The molecule has 5 rings (SSSR count). The number of benzene rings is 2. The van der Waals surface area contributed by atoms with Crippen molar-refractivity contribution in [1.82, 2.24) is 15.1 Å². The number of fused-ring (bicyclic) bond motifs is 2. The molecule has 2 aromatic heterocycles. The first-order valence-electron chi connectivity index (χ1n) is 8.96. The quantitative estimate of drug-likeness (QED) is 0.489. The monoisotopic (exact) mass is 375 g/mol. The van der Waals surface area contributed by atoms with Gasteiger partial charge in [0.05, 0.1) is 5.69 Å². The molecule has 27 heavy (non-hydrogen) atoms. The third-order valence-corrected chi connectivity index (χ3v) is 6.38. The summed E-state index contributed by atoms with van der Waals surface area (Å²) in [5.74, 6) is 0.126. The molecule has 1 aliphatic rings. The summed E-state index contributed by atoms with van der Waals surface area (Å²) in [4.78, 5) is 3.63. The van der Waals surface area contributed by atoms with Gasteiger partial charge in [0, 0.05) is 40.3 Å². The van der Waals surface area contributed by atoms with Crippen molar-refractivity contribution >= 4 is 21.4 Å². The van der Waals surface area contributed by atoms with Crippen molar-refractivity contribution in [2.75, 3.05) is 13.6 Å². The highest BCUT2D eigenvalue weighted by Gasteiger charge is 2.26. The minimum Gasteiger partial charge on any atom is -0.301 e. The molecule has 0 bridgehead atoms. The van der Waals surface area contributed by atoms with Gasteiger partial charge in [0.15, 0.2) is 0 Å². The van der Waals surface area contributed by atoms with Crippen LogP contribution in [0.2, 0.25) is 0 Å². The van der Waals surface area contributed by atoms with Gasteiger partial charge in [-0.1, -0.05) is 18.2 Å². The lowest BCUT2D eigenvalue weighted by Gasteiger charge is -2.32. The number of halogens is 1. The van der Waals surface area contributed by atoms with Crippen LogP contribution in [0.25, 0.3) is 21.3 Å². The Bertz CT molecular complexity index is 1120. The Morgan fingerprint density at radius 3 is 2.89 bits per heavy atom. The number of nitrogens with zero attached hydrogens (tertiary/aromatic N) is 3. The Balaban J connectivity index is 1.59. The van der Waals surface area contributed by atoms with Gasteiger partial charge in [-0.2, -0.15) is 10.2 Å². The van der Waals surface area contributed by atoms with Gasteiger partial charge in [-0.25, -0.2) is 4.39 Å². The van der Waals surface area contributed by atoms with Crippen LogP contribution in [0, 0.1) is 5.82 Å². The second-order valence-electron chi connectivity index (χ2n) is 7.10. The summed E-state index contributed by atoms with van der Waals surface area (Å²) >= 11 is 1.70. The molecule has 3 nitrogen and oxygen atoms in total. The van der Waals surface area contributed by atoms with E-state index in [1.54, 1.807) is 23.6 Å². The summed E-state index contributed by atoms with van der Waals surface area (Å²) in [6, 6.07) is 17.7. The zero-order valence-electron chi connectivity index (χ0n) is 14.9. The zero-order valence-corrected chi connectivity index (χ0v) is 15.7. The number of likely N-dealkylation sites (N-methyl/N-ethyl adjacent to an activating group) is 1. The molecule has 0 amide bonds. The molecule has 0 N–H and O–H groups in total. The Morgan fingerprint density at radius 2 is 2.04 bits per heavy atom. The van der Waals surface area contributed by atoms with Gasteiger partial charge >= 0.3 is 0 Å². The highest BCUT2D eigenvalue weighted by atomic mass is 32.1. The largest absolute Gasteiger partial charge is 0.301 e. The first-order valence-corrected chi connectivity index (χ1v) is 9.77. The van der Waals surface area contributed by atoms with Gasteiger partial charge in [-0.15, -0.1) is 11.3 Å². The standard InChI is InChI=1S/C22H18FN3S/c1-26-12-16-9-14(20-3-2-8-24-25-20)5-7-18(16)19(13-26)22-10-15-4-6-17(23)11-21(15)27-22/h2-11,19H,12-13H2,1H3. The van der Waals surface area contributed by atoms with Gasteiger partial charge in [0.25, 0.3) is 0 Å². The van der Waals surface area contributed by atoms with E-state index in [0.717, 1.165) is 34.4 Å². The van der Waals surface area contributed by atoms with E-state index < -0.39 is 0 Å². The van der Waals surface area contributed by atoms with Crippen LogP contribution in [0.3, 0.4) is 0 Å². The number of aromatic nitrogens is 2. The third-order valence-electron chi connectivity index (χ3n) is 5.17. The molecule has 0 fully saturated rings. The molecular weight excluding hydrogens is 357 g/mol. The molecule has 4 aromatic rings. The average molecular weight is 375 g/mol. The molecule has 5 heteroatoms. The van der Waals surface area contributed by atoms with Gasteiger partial charge < -0.3 is 4.90 Å². The van der Waals surface area contributed by atoms with E-state index in [-0.39, 0.29) is 5.82 Å². The molecular formula is C22H18FN3S. The van der Waals surface area contributed by atoms with Crippen LogP contribution in [0.1, 0.15) is 21.9 Å². The molecule has 134 valence electrons. The summed E-state index contributed by atoms with van der Waals surface area (Å²) in [6.45, 7) is 1.88. The topological polar surface area (TPSA) is 29.0 Å². The molecule has 0 saturated carbocycles. The van der Waals surface area contributed by atoms with Crippen molar-refractivity contribution in [2.45, 2.75) is 12.5 Å². The highest BCUT2D eigenvalue weighted by Crippen LogP contribution is 2.40. The molecule has 0 radical (unpaired) electrons. The van der Waals surface area contributed by atoms with E-state index in [2.05, 4.69) is 46.4 Å². The van der Waals surface area contributed by atoms with Crippen LogP contribution in [-0.4, -0.2) is 28.7 Å². The van der Waals surface area contributed by atoms with Crippen LogP contribution < -0.4 is 0 Å². The van der Waals surface area contributed by atoms with Crippen molar-refractivity contribution in [2.24, 2.45) is 0 Å². The lowest BCUT2D eigenvalue weighted by Crippen LogP contribution is -2.30. The second kappa shape index (κ2) is 6.51. The molecule has 1 aliphatic heterocycles. The third kappa shape index (κ3) is 3.03. The van der Waals surface area contributed by atoms with Crippen molar-refractivity contribution in [3.05, 3.63) is 82.6 Å².